The summed E-state index contributed by atoms with van der Waals surface area (Å²) >= 11 is 0. The maximum absolute atomic E-state index is 12.9. The molecule has 27 heavy (non-hydrogen) atoms. The van der Waals surface area contributed by atoms with Crippen LogP contribution in [0, 0.1) is 5.92 Å². The number of aromatic nitrogens is 1. The zero-order valence-electron chi connectivity index (χ0n) is 16.5. The fraction of sp³-hybridized carbons (Fsp3) is 0.550. The van der Waals surface area contributed by atoms with E-state index in [0.29, 0.717) is 31.8 Å². The van der Waals surface area contributed by atoms with E-state index in [-0.39, 0.29) is 34.8 Å². The van der Waals surface area contributed by atoms with Crippen LogP contribution in [0.3, 0.4) is 0 Å². The number of piperidine rings is 1. The average molecular weight is 372 g/mol. The van der Waals surface area contributed by atoms with Gasteiger partial charge in [-0.05, 0) is 43.7 Å². The Labute approximate surface area is 159 Å². The van der Waals surface area contributed by atoms with E-state index in [2.05, 4.69) is 17.2 Å². The number of amides is 2. The standard InChI is InChI=1S/C20H28N4O3/c1-12(2)16-7-6-15(17(25)23(16)5)18(26)24-10-8-14(9-11-24)20(4)19(27)21-13(3)22-20/h6-7,12,14,22H,3,8-11H2,1-2,4-5H3,(H,21,27). The molecule has 1 atom stereocenters. The largest absolute Gasteiger partial charge is 0.358 e. The van der Waals surface area contributed by atoms with Crippen LogP contribution < -0.4 is 16.2 Å². The summed E-state index contributed by atoms with van der Waals surface area (Å²) in [5.74, 6) is 0.531. The second-order valence-electron chi connectivity index (χ2n) is 8.02. The minimum atomic E-state index is -0.693. The highest BCUT2D eigenvalue weighted by Gasteiger charge is 2.47. The third-order valence-corrected chi connectivity index (χ3v) is 5.91. The molecule has 2 aliphatic heterocycles. The lowest BCUT2D eigenvalue weighted by atomic mass is 9.79. The average Bonchev–Trinajstić information content (AvgIpc) is 2.89. The molecular weight excluding hydrogens is 344 g/mol. The summed E-state index contributed by atoms with van der Waals surface area (Å²) in [6, 6.07) is 3.49. The van der Waals surface area contributed by atoms with Crippen LogP contribution in [0.5, 0.6) is 0 Å². The second-order valence-corrected chi connectivity index (χ2v) is 8.02. The van der Waals surface area contributed by atoms with Crippen molar-refractivity contribution < 1.29 is 9.59 Å². The van der Waals surface area contributed by atoms with Crippen molar-refractivity contribution in [2.24, 2.45) is 13.0 Å². The molecule has 1 aromatic rings. The Bertz CT molecular complexity index is 849. The highest BCUT2D eigenvalue weighted by atomic mass is 16.2. The van der Waals surface area contributed by atoms with Crippen molar-refractivity contribution >= 4 is 11.8 Å². The molecule has 0 aliphatic carbocycles. The molecule has 2 fully saturated rings. The number of carbonyl (C=O) groups excluding carboxylic acids is 2. The Morgan fingerprint density at radius 2 is 1.89 bits per heavy atom. The highest BCUT2D eigenvalue weighted by molar-refractivity contribution is 5.94. The molecule has 7 heteroatoms. The maximum Gasteiger partial charge on any atom is 0.263 e. The van der Waals surface area contributed by atoms with E-state index in [0.717, 1.165) is 5.69 Å². The van der Waals surface area contributed by atoms with Gasteiger partial charge in [0.15, 0.2) is 0 Å². The molecule has 0 spiro atoms. The monoisotopic (exact) mass is 372 g/mol. The maximum atomic E-state index is 12.9. The van der Waals surface area contributed by atoms with Crippen molar-refractivity contribution in [3.8, 4) is 0 Å². The van der Waals surface area contributed by atoms with E-state index in [1.165, 1.54) is 0 Å². The van der Waals surface area contributed by atoms with E-state index in [9.17, 15) is 14.4 Å². The highest BCUT2D eigenvalue weighted by Crippen LogP contribution is 2.32. The summed E-state index contributed by atoms with van der Waals surface area (Å²) in [5.41, 5.74) is 0.160. The molecule has 2 saturated heterocycles. The van der Waals surface area contributed by atoms with Crippen LogP contribution in [0.15, 0.2) is 29.3 Å². The molecule has 146 valence electrons. The molecule has 3 heterocycles. The molecule has 2 aliphatic rings. The Balaban J connectivity index is 1.73. The number of carbonyl (C=O) groups is 2. The van der Waals surface area contributed by atoms with Crippen LogP contribution in [0.25, 0.3) is 0 Å². The Morgan fingerprint density at radius 1 is 1.26 bits per heavy atom. The number of hydrogen-bond acceptors (Lipinski definition) is 4. The Hall–Kier alpha value is -2.57. The third kappa shape index (κ3) is 3.26. The molecule has 7 nitrogen and oxygen atoms in total. The van der Waals surface area contributed by atoms with E-state index in [1.54, 1.807) is 22.6 Å². The van der Waals surface area contributed by atoms with Gasteiger partial charge in [-0.15, -0.1) is 0 Å². The first-order chi connectivity index (χ1) is 12.6. The summed E-state index contributed by atoms with van der Waals surface area (Å²) in [4.78, 5) is 39.5. The first kappa shape index (κ1) is 19.2. The third-order valence-electron chi connectivity index (χ3n) is 5.91. The lowest BCUT2D eigenvalue weighted by molar-refractivity contribution is -0.125. The predicted molar refractivity (Wildman–Crippen MR) is 103 cm³/mol. The Kier molecular flexibility index (Phi) is 4.88. The molecule has 1 unspecified atom stereocenters. The second kappa shape index (κ2) is 6.87. The van der Waals surface area contributed by atoms with Gasteiger partial charge in [0.1, 0.15) is 11.1 Å². The quantitative estimate of drug-likeness (QED) is 0.838. The van der Waals surface area contributed by atoms with Crippen LogP contribution in [-0.2, 0) is 11.8 Å². The van der Waals surface area contributed by atoms with Gasteiger partial charge in [0, 0.05) is 25.8 Å². The van der Waals surface area contributed by atoms with Gasteiger partial charge in [-0.3, -0.25) is 14.4 Å². The van der Waals surface area contributed by atoms with Crippen molar-refractivity contribution in [2.45, 2.75) is 45.1 Å². The lowest BCUT2D eigenvalue weighted by Gasteiger charge is -2.39. The topological polar surface area (TPSA) is 83.4 Å². The summed E-state index contributed by atoms with van der Waals surface area (Å²) in [6.07, 6.45) is 1.39. The Morgan fingerprint density at radius 3 is 2.41 bits per heavy atom. The minimum Gasteiger partial charge on any atom is -0.358 e. The van der Waals surface area contributed by atoms with Gasteiger partial charge in [0.2, 0.25) is 0 Å². The smallest absolute Gasteiger partial charge is 0.263 e. The summed E-state index contributed by atoms with van der Waals surface area (Å²) in [6.45, 7) is 10.7. The fourth-order valence-electron chi connectivity index (χ4n) is 4.18. The summed E-state index contributed by atoms with van der Waals surface area (Å²) in [5, 5.41) is 5.87. The molecule has 0 saturated carbocycles. The van der Waals surface area contributed by atoms with Crippen molar-refractivity contribution in [1.29, 1.82) is 0 Å². The van der Waals surface area contributed by atoms with Crippen LogP contribution in [0.1, 0.15) is 55.6 Å². The van der Waals surface area contributed by atoms with E-state index in [4.69, 9.17) is 0 Å². The number of nitrogens with one attached hydrogen (secondary N) is 2. The van der Waals surface area contributed by atoms with Gasteiger partial charge in [0.25, 0.3) is 17.4 Å². The van der Waals surface area contributed by atoms with Crippen LogP contribution in [0.2, 0.25) is 0 Å². The molecule has 0 radical (unpaired) electrons. The van der Waals surface area contributed by atoms with E-state index >= 15 is 0 Å². The van der Waals surface area contributed by atoms with Crippen LogP contribution in [0.4, 0.5) is 0 Å². The number of rotatable bonds is 3. The van der Waals surface area contributed by atoms with Gasteiger partial charge >= 0.3 is 0 Å². The van der Waals surface area contributed by atoms with Crippen molar-refractivity contribution in [3.05, 3.63) is 46.1 Å². The first-order valence-electron chi connectivity index (χ1n) is 9.43. The molecule has 1 aromatic heterocycles. The van der Waals surface area contributed by atoms with E-state index in [1.807, 2.05) is 26.8 Å². The SMILES string of the molecule is C=C1NC(=O)C(C)(C2CCN(C(=O)c3ccc(C(C)C)n(C)c3=O)CC2)N1. The van der Waals surface area contributed by atoms with Crippen LogP contribution >= 0.6 is 0 Å². The number of nitrogens with zero attached hydrogens (tertiary/aromatic N) is 2. The minimum absolute atomic E-state index is 0.0737. The van der Waals surface area contributed by atoms with Gasteiger partial charge < -0.3 is 20.1 Å². The van der Waals surface area contributed by atoms with Crippen LogP contribution in [-0.4, -0.2) is 39.9 Å². The van der Waals surface area contributed by atoms with E-state index < -0.39 is 5.54 Å². The van der Waals surface area contributed by atoms with Gasteiger partial charge in [-0.1, -0.05) is 20.4 Å². The molecule has 0 aromatic carbocycles. The molecule has 2 amide bonds. The summed E-state index contributed by atoms with van der Waals surface area (Å²) in [7, 11) is 1.71. The normalized spacial score (nSPS) is 23.5. The number of pyridine rings is 1. The zero-order chi connectivity index (χ0) is 19.9. The number of hydrogen-bond donors (Lipinski definition) is 2. The van der Waals surface area contributed by atoms with Gasteiger partial charge in [-0.2, -0.15) is 0 Å². The lowest BCUT2D eigenvalue weighted by Crippen LogP contribution is -2.54. The molecular formula is C20H28N4O3. The summed E-state index contributed by atoms with van der Waals surface area (Å²) < 4.78 is 1.56. The zero-order valence-corrected chi connectivity index (χ0v) is 16.5. The molecule has 2 N–H and O–H groups in total. The van der Waals surface area contributed by atoms with Gasteiger partial charge in [0.05, 0.1) is 5.82 Å². The van der Waals surface area contributed by atoms with Gasteiger partial charge in [-0.25, -0.2) is 0 Å². The van der Waals surface area contributed by atoms with Crippen molar-refractivity contribution in [3.63, 3.8) is 0 Å². The fourth-order valence-corrected chi connectivity index (χ4v) is 4.18. The van der Waals surface area contributed by atoms with Crippen molar-refractivity contribution in [1.82, 2.24) is 20.1 Å². The van der Waals surface area contributed by atoms with Crippen molar-refractivity contribution in [2.75, 3.05) is 13.1 Å². The molecule has 0 bridgehead atoms. The first-order valence-corrected chi connectivity index (χ1v) is 9.43. The predicted octanol–water partition coefficient (Wildman–Crippen LogP) is 1.31. The number of likely N-dealkylation sites (tertiary alicyclic amines) is 1. The molecule has 3 rings (SSSR count).